The maximum absolute atomic E-state index is 5.55. The highest BCUT2D eigenvalue weighted by Crippen LogP contribution is 2.00. The fourth-order valence-electron chi connectivity index (χ4n) is 1.75. The van der Waals surface area contributed by atoms with Gasteiger partial charge in [0.15, 0.2) is 0 Å². The molecule has 0 aliphatic heterocycles. The van der Waals surface area contributed by atoms with Gasteiger partial charge in [0, 0.05) is 12.7 Å². The van der Waals surface area contributed by atoms with Gasteiger partial charge in [-0.3, -0.25) is 4.68 Å². The molecule has 16 heavy (non-hydrogen) atoms. The summed E-state index contributed by atoms with van der Waals surface area (Å²) in [7, 11) is 2.19. The predicted octanol–water partition coefficient (Wildman–Crippen LogP) is 1.98. The summed E-state index contributed by atoms with van der Waals surface area (Å²) in [6.07, 6.45) is 7.00. The molecule has 0 unspecified atom stereocenters. The zero-order valence-corrected chi connectivity index (χ0v) is 10.5. The number of hydrogen-bond donors (Lipinski definition) is 1. The van der Waals surface area contributed by atoms with E-state index in [9.17, 15) is 0 Å². The third kappa shape index (κ3) is 5.16. The largest absolute Gasteiger partial charge is 0.382 e. The van der Waals surface area contributed by atoms with Crippen molar-refractivity contribution in [3.63, 3.8) is 0 Å². The first-order valence-corrected chi connectivity index (χ1v) is 6.20. The summed E-state index contributed by atoms with van der Waals surface area (Å²) in [4.78, 5) is 2.39. The molecule has 0 spiro atoms. The van der Waals surface area contributed by atoms with Gasteiger partial charge in [-0.25, -0.2) is 0 Å². The summed E-state index contributed by atoms with van der Waals surface area (Å²) < 4.78 is 1.91. The van der Waals surface area contributed by atoms with Gasteiger partial charge in [-0.1, -0.05) is 19.8 Å². The maximum Gasteiger partial charge on any atom is 0.145 e. The van der Waals surface area contributed by atoms with Gasteiger partial charge in [-0.05, 0) is 39.0 Å². The number of anilines is 1. The minimum Gasteiger partial charge on any atom is -0.382 e. The molecule has 1 rings (SSSR count). The number of unbranched alkanes of at least 4 members (excludes halogenated alkanes) is 2. The number of nitrogen functional groups attached to an aromatic ring is 1. The van der Waals surface area contributed by atoms with Crippen LogP contribution < -0.4 is 5.73 Å². The highest BCUT2D eigenvalue weighted by atomic mass is 15.3. The summed E-state index contributed by atoms with van der Waals surface area (Å²) in [5.41, 5.74) is 5.55. The first-order chi connectivity index (χ1) is 7.72. The van der Waals surface area contributed by atoms with Crippen molar-refractivity contribution < 1.29 is 0 Å². The van der Waals surface area contributed by atoms with Gasteiger partial charge in [0.2, 0.25) is 0 Å². The van der Waals surface area contributed by atoms with Crippen molar-refractivity contribution in [2.45, 2.75) is 39.2 Å². The highest BCUT2D eigenvalue weighted by molar-refractivity contribution is 5.23. The molecule has 0 bridgehead atoms. The number of hydrogen-bond acceptors (Lipinski definition) is 3. The van der Waals surface area contributed by atoms with Crippen LogP contribution in [0.15, 0.2) is 12.3 Å². The quantitative estimate of drug-likeness (QED) is 0.687. The molecular formula is C12H24N4. The van der Waals surface area contributed by atoms with E-state index in [1.165, 1.54) is 25.8 Å². The average molecular weight is 224 g/mol. The average Bonchev–Trinajstić information content (AvgIpc) is 2.65. The molecule has 0 amide bonds. The van der Waals surface area contributed by atoms with Crippen LogP contribution >= 0.6 is 0 Å². The van der Waals surface area contributed by atoms with Crippen LogP contribution in [0.2, 0.25) is 0 Å². The molecule has 0 radical (unpaired) electrons. The second-order valence-electron chi connectivity index (χ2n) is 4.37. The molecule has 0 atom stereocenters. The number of nitrogens with two attached hydrogens (primary N) is 1. The van der Waals surface area contributed by atoms with E-state index >= 15 is 0 Å². The normalized spacial score (nSPS) is 11.2. The first kappa shape index (κ1) is 13.0. The minimum atomic E-state index is 0.608. The zero-order chi connectivity index (χ0) is 11.8. The zero-order valence-electron chi connectivity index (χ0n) is 10.5. The van der Waals surface area contributed by atoms with E-state index < -0.39 is 0 Å². The molecule has 2 N–H and O–H groups in total. The third-order valence-corrected chi connectivity index (χ3v) is 2.73. The summed E-state index contributed by atoms with van der Waals surface area (Å²) in [6.45, 7) is 5.52. The molecule has 0 aliphatic rings. The van der Waals surface area contributed by atoms with Crippen molar-refractivity contribution in [2.24, 2.45) is 0 Å². The van der Waals surface area contributed by atoms with Crippen LogP contribution in [-0.2, 0) is 6.54 Å². The van der Waals surface area contributed by atoms with E-state index in [-0.39, 0.29) is 0 Å². The van der Waals surface area contributed by atoms with Crippen LogP contribution in [0.5, 0.6) is 0 Å². The molecule has 1 aromatic rings. The molecule has 0 saturated heterocycles. The van der Waals surface area contributed by atoms with Gasteiger partial charge in [-0.15, -0.1) is 0 Å². The van der Waals surface area contributed by atoms with Crippen molar-refractivity contribution >= 4 is 5.82 Å². The van der Waals surface area contributed by atoms with Crippen LogP contribution in [0.25, 0.3) is 0 Å². The molecule has 1 heterocycles. The SMILES string of the molecule is CCCCCN(C)CCCn1ccc(N)n1. The van der Waals surface area contributed by atoms with Crippen molar-refractivity contribution in [1.82, 2.24) is 14.7 Å². The van der Waals surface area contributed by atoms with Crippen molar-refractivity contribution in [2.75, 3.05) is 25.9 Å². The predicted molar refractivity (Wildman–Crippen MR) is 68.3 cm³/mol. The maximum atomic E-state index is 5.55. The Bertz CT molecular complexity index is 282. The van der Waals surface area contributed by atoms with E-state index in [0.717, 1.165) is 19.5 Å². The lowest BCUT2D eigenvalue weighted by Crippen LogP contribution is -2.22. The van der Waals surface area contributed by atoms with E-state index in [2.05, 4.69) is 24.0 Å². The Hall–Kier alpha value is -1.03. The fraction of sp³-hybridized carbons (Fsp3) is 0.750. The molecule has 0 aliphatic carbocycles. The molecule has 4 heteroatoms. The summed E-state index contributed by atoms with van der Waals surface area (Å²) >= 11 is 0. The fourth-order valence-corrected chi connectivity index (χ4v) is 1.75. The number of nitrogens with zero attached hydrogens (tertiary/aromatic N) is 3. The summed E-state index contributed by atoms with van der Waals surface area (Å²) in [5, 5.41) is 4.16. The molecule has 0 fully saturated rings. The minimum absolute atomic E-state index is 0.608. The topological polar surface area (TPSA) is 47.1 Å². The Balaban J connectivity index is 2.06. The summed E-state index contributed by atoms with van der Waals surface area (Å²) in [6, 6.07) is 1.84. The second-order valence-corrected chi connectivity index (χ2v) is 4.37. The number of aromatic nitrogens is 2. The Labute approximate surface area is 98.4 Å². The van der Waals surface area contributed by atoms with Crippen LogP contribution in [0.3, 0.4) is 0 Å². The lowest BCUT2D eigenvalue weighted by molar-refractivity contribution is 0.311. The molecular weight excluding hydrogens is 200 g/mol. The second kappa shape index (κ2) is 7.28. The first-order valence-electron chi connectivity index (χ1n) is 6.20. The lowest BCUT2D eigenvalue weighted by atomic mass is 10.2. The van der Waals surface area contributed by atoms with Gasteiger partial charge in [0.05, 0.1) is 0 Å². The van der Waals surface area contributed by atoms with Gasteiger partial charge in [0.25, 0.3) is 0 Å². The highest BCUT2D eigenvalue weighted by Gasteiger charge is 1.99. The monoisotopic (exact) mass is 224 g/mol. The Kier molecular flexibility index (Phi) is 5.93. The molecule has 92 valence electrons. The molecule has 0 saturated carbocycles. The Morgan fingerprint density at radius 1 is 1.31 bits per heavy atom. The van der Waals surface area contributed by atoms with Crippen LogP contribution in [0.4, 0.5) is 5.82 Å². The standard InChI is InChI=1S/C12H24N4/c1-3-4-5-8-15(2)9-6-10-16-11-7-12(13)14-16/h7,11H,3-6,8-10H2,1-2H3,(H2,13,14). The van der Waals surface area contributed by atoms with Crippen LogP contribution in [0.1, 0.15) is 32.6 Å². The number of rotatable bonds is 8. The molecule has 1 aromatic heterocycles. The molecule has 0 aromatic carbocycles. The van der Waals surface area contributed by atoms with E-state index in [0.29, 0.717) is 5.82 Å². The third-order valence-electron chi connectivity index (χ3n) is 2.73. The van der Waals surface area contributed by atoms with Gasteiger partial charge >= 0.3 is 0 Å². The van der Waals surface area contributed by atoms with Crippen molar-refractivity contribution in [3.05, 3.63) is 12.3 Å². The van der Waals surface area contributed by atoms with E-state index in [1.54, 1.807) is 0 Å². The Morgan fingerprint density at radius 3 is 2.69 bits per heavy atom. The summed E-state index contributed by atoms with van der Waals surface area (Å²) in [5.74, 6) is 0.608. The van der Waals surface area contributed by atoms with E-state index in [1.807, 2.05) is 16.9 Å². The van der Waals surface area contributed by atoms with Crippen LogP contribution in [-0.4, -0.2) is 34.8 Å². The van der Waals surface area contributed by atoms with Gasteiger partial charge < -0.3 is 10.6 Å². The van der Waals surface area contributed by atoms with Gasteiger partial charge in [0.1, 0.15) is 5.82 Å². The lowest BCUT2D eigenvalue weighted by Gasteiger charge is -2.15. The number of aryl methyl sites for hydroxylation is 1. The smallest absolute Gasteiger partial charge is 0.145 e. The molecule has 4 nitrogen and oxygen atoms in total. The van der Waals surface area contributed by atoms with Gasteiger partial charge in [-0.2, -0.15) is 5.10 Å². The van der Waals surface area contributed by atoms with Crippen LogP contribution in [0, 0.1) is 0 Å². The van der Waals surface area contributed by atoms with E-state index in [4.69, 9.17) is 5.73 Å². The Morgan fingerprint density at radius 2 is 2.06 bits per heavy atom. The van der Waals surface area contributed by atoms with Crippen molar-refractivity contribution in [3.8, 4) is 0 Å². The van der Waals surface area contributed by atoms with Crippen molar-refractivity contribution in [1.29, 1.82) is 0 Å².